The molecule has 2 nitrogen and oxygen atoms in total. The molecular formula is C13H18BrNOS. The fraction of sp³-hybridized carbons (Fsp3) is 0.615. The molecule has 2 rings (SSSR count). The molecule has 0 aliphatic carbocycles. The molecular weight excluding hydrogens is 298 g/mol. The maximum atomic E-state index is 12.4. The number of carbonyl (C=O) groups is 1. The van der Waals surface area contributed by atoms with E-state index >= 15 is 0 Å². The van der Waals surface area contributed by atoms with Crippen molar-refractivity contribution in [2.24, 2.45) is 5.92 Å². The summed E-state index contributed by atoms with van der Waals surface area (Å²) in [6, 6.07) is 2.41. The number of hydrogen-bond donors (Lipinski definition) is 0. The van der Waals surface area contributed by atoms with E-state index in [0.29, 0.717) is 12.0 Å². The maximum absolute atomic E-state index is 12.4. The fourth-order valence-corrected chi connectivity index (χ4v) is 3.94. The van der Waals surface area contributed by atoms with Crippen LogP contribution in [0.5, 0.6) is 0 Å². The zero-order valence-corrected chi connectivity index (χ0v) is 12.9. The molecule has 1 unspecified atom stereocenters. The van der Waals surface area contributed by atoms with Gasteiger partial charge in [0, 0.05) is 12.6 Å². The van der Waals surface area contributed by atoms with Gasteiger partial charge in [-0.25, -0.2) is 0 Å². The van der Waals surface area contributed by atoms with Gasteiger partial charge in [-0.05, 0) is 53.2 Å². The van der Waals surface area contributed by atoms with Crippen LogP contribution in [0.25, 0.3) is 0 Å². The van der Waals surface area contributed by atoms with Crippen LogP contribution >= 0.6 is 27.3 Å². The van der Waals surface area contributed by atoms with Crippen LogP contribution in [-0.4, -0.2) is 23.4 Å². The molecule has 0 spiro atoms. The number of nitrogens with zero attached hydrogens (tertiary/aromatic N) is 1. The summed E-state index contributed by atoms with van der Waals surface area (Å²) in [4.78, 5) is 15.4. The molecule has 1 amide bonds. The second-order valence-electron chi connectivity index (χ2n) is 5.02. The van der Waals surface area contributed by atoms with Crippen molar-refractivity contribution in [3.8, 4) is 0 Å². The first kappa shape index (κ1) is 13.1. The molecule has 0 saturated carbocycles. The van der Waals surface area contributed by atoms with E-state index in [2.05, 4.69) is 34.7 Å². The molecule has 1 atom stereocenters. The largest absolute Gasteiger partial charge is 0.335 e. The van der Waals surface area contributed by atoms with E-state index in [1.165, 1.54) is 0 Å². The van der Waals surface area contributed by atoms with Gasteiger partial charge in [-0.1, -0.05) is 13.8 Å². The van der Waals surface area contributed by atoms with Crippen molar-refractivity contribution in [1.82, 2.24) is 4.90 Å². The van der Waals surface area contributed by atoms with Crippen LogP contribution in [0.1, 0.15) is 41.9 Å². The van der Waals surface area contributed by atoms with Gasteiger partial charge in [-0.3, -0.25) is 4.79 Å². The maximum Gasteiger partial charge on any atom is 0.264 e. The second-order valence-corrected chi connectivity index (χ2v) is 7.39. The molecule has 1 fully saturated rings. The van der Waals surface area contributed by atoms with Crippen LogP contribution in [0.15, 0.2) is 9.85 Å². The predicted molar refractivity (Wildman–Crippen MR) is 75.7 cm³/mol. The Morgan fingerprint density at radius 1 is 1.59 bits per heavy atom. The highest BCUT2D eigenvalue weighted by atomic mass is 79.9. The zero-order valence-electron chi connectivity index (χ0n) is 10.5. The van der Waals surface area contributed by atoms with Crippen LogP contribution in [0.3, 0.4) is 0 Å². The first-order chi connectivity index (χ1) is 8.00. The summed E-state index contributed by atoms with van der Waals surface area (Å²) < 4.78 is 1.07. The van der Waals surface area contributed by atoms with E-state index in [-0.39, 0.29) is 5.91 Å². The lowest BCUT2D eigenvalue weighted by Crippen LogP contribution is -2.38. The SMILES string of the molecule is Cc1cc(C(=O)N2CCCC2C(C)C)sc1Br. The lowest BCUT2D eigenvalue weighted by Gasteiger charge is -2.27. The topological polar surface area (TPSA) is 20.3 Å². The van der Waals surface area contributed by atoms with Gasteiger partial charge in [-0.2, -0.15) is 0 Å². The first-order valence-corrected chi connectivity index (χ1v) is 7.68. The summed E-state index contributed by atoms with van der Waals surface area (Å²) in [7, 11) is 0. The molecule has 1 aliphatic heterocycles. The number of halogens is 1. The third-order valence-corrected chi connectivity index (χ3v) is 5.52. The number of aryl methyl sites for hydroxylation is 1. The minimum Gasteiger partial charge on any atom is -0.335 e. The van der Waals surface area contributed by atoms with Gasteiger partial charge in [0.25, 0.3) is 5.91 Å². The summed E-state index contributed by atoms with van der Waals surface area (Å²) in [6.45, 7) is 7.34. The Morgan fingerprint density at radius 2 is 2.29 bits per heavy atom. The van der Waals surface area contributed by atoms with Crippen molar-refractivity contribution in [2.45, 2.75) is 39.7 Å². The summed E-state index contributed by atoms with van der Waals surface area (Å²) in [5.74, 6) is 0.756. The van der Waals surface area contributed by atoms with Crippen molar-refractivity contribution < 1.29 is 4.79 Å². The molecule has 0 radical (unpaired) electrons. The van der Waals surface area contributed by atoms with Crippen molar-refractivity contribution in [3.63, 3.8) is 0 Å². The molecule has 4 heteroatoms. The van der Waals surface area contributed by atoms with E-state index in [1.54, 1.807) is 11.3 Å². The number of thiophene rings is 1. The fourth-order valence-electron chi connectivity index (χ4n) is 2.44. The van der Waals surface area contributed by atoms with Crippen LogP contribution < -0.4 is 0 Å². The number of rotatable bonds is 2. The van der Waals surface area contributed by atoms with Gasteiger partial charge in [-0.15, -0.1) is 11.3 Å². The number of hydrogen-bond acceptors (Lipinski definition) is 2. The Kier molecular flexibility index (Phi) is 3.93. The van der Waals surface area contributed by atoms with Crippen LogP contribution in [0.4, 0.5) is 0 Å². The quantitative estimate of drug-likeness (QED) is 0.805. The van der Waals surface area contributed by atoms with Gasteiger partial charge in [0.15, 0.2) is 0 Å². The van der Waals surface area contributed by atoms with Crippen LogP contribution in [-0.2, 0) is 0 Å². The van der Waals surface area contributed by atoms with E-state index in [1.807, 2.05) is 13.0 Å². The van der Waals surface area contributed by atoms with E-state index < -0.39 is 0 Å². The first-order valence-electron chi connectivity index (χ1n) is 6.07. The Balaban J connectivity index is 2.19. The molecule has 17 heavy (non-hydrogen) atoms. The number of likely N-dealkylation sites (tertiary alicyclic amines) is 1. The van der Waals surface area contributed by atoms with E-state index in [4.69, 9.17) is 0 Å². The summed E-state index contributed by atoms with van der Waals surface area (Å²) in [5.41, 5.74) is 1.15. The highest BCUT2D eigenvalue weighted by molar-refractivity contribution is 9.11. The molecule has 2 heterocycles. The molecule has 1 aromatic heterocycles. The third kappa shape index (κ3) is 2.58. The van der Waals surface area contributed by atoms with Crippen LogP contribution in [0, 0.1) is 12.8 Å². The molecule has 1 aliphatic rings. The van der Waals surface area contributed by atoms with Gasteiger partial charge >= 0.3 is 0 Å². The zero-order chi connectivity index (χ0) is 12.6. The highest BCUT2D eigenvalue weighted by Gasteiger charge is 2.32. The van der Waals surface area contributed by atoms with Gasteiger partial charge in [0.2, 0.25) is 0 Å². The molecule has 1 saturated heterocycles. The number of carbonyl (C=O) groups excluding carboxylic acids is 1. The van der Waals surface area contributed by atoms with Crippen molar-refractivity contribution >= 4 is 33.2 Å². The smallest absolute Gasteiger partial charge is 0.264 e. The minimum atomic E-state index is 0.208. The Hall–Kier alpha value is -0.350. The average molecular weight is 316 g/mol. The minimum absolute atomic E-state index is 0.208. The highest BCUT2D eigenvalue weighted by Crippen LogP contribution is 2.31. The molecule has 1 aromatic rings. The third-order valence-electron chi connectivity index (χ3n) is 3.40. The molecule has 94 valence electrons. The monoisotopic (exact) mass is 315 g/mol. The average Bonchev–Trinajstić information content (AvgIpc) is 2.85. The van der Waals surface area contributed by atoms with Gasteiger partial charge in [0.1, 0.15) is 0 Å². The summed E-state index contributed by atoms with van der Waals surface area (Å²) in [5, 5.41) is 0. The van der Waals surface area contributed by atoms with Gasteiger partial charge in [0.05, 0.1) is 8.66 Å². The normalized spacial score (nSPS) is 20.3. The van der Waals surface area contributed by atoms with E-state index in [0.717, 1.165) is 33.6 Å². The standard InChI is InChI=1S/C13H18BrNOS/c1-8(2)10-5-4-6-15(10)13(16)11-7-9(3)12(14)17-11/h7-8,10H,4-6H2,1-3H3. The van der Waals surface area contributed by atoms with Gasteiger partial charge < -0.3 is 4.90 Å². The predicted octanol–water partition coefficient (Wildman–Crippen LogP) is 4.08. The molecule has 0 N–H and O–H groups in total. The Bertz CT molecular complexity index is 408. The number of amides is 1. The molecule has 0 bridgehead atoms. The lowest BCUT2D eigenvalue weighted by molar-refractivity contribution is 0.0706. The van der Waals surface area contributed by atoms with Crippen molar-refractivity contribution in [2.75, 3.05) is 6.54 Å². The summed E-state index contributed by atoms with van der Waals surface area (Å²) >= 11 is 5.03. The Morgan fingerprint density at radius 3 is 2.82 bits per heavy atom. The van der Waals surface area contributed by atoms with E-state index in [9.17, 15) is 4.79 Å². The van der Waals surface area contributed by atoms with Crippen LogP contribution in [0.2, 0.25) is 0 Å². The summed E-state index contributed by atoms with van der Waals surface area (Å²) in [6.07, 6.45) is 2.29. The second kappa shape index (κ2) is 5.11. The lowest BCUT2D eigenvalue weighted by atomic mass is 10.0. The van der Waals surface area contributed by atoms with Crippen molar-refractivity contribution in [1.29, 1.82) is 0 Å². The van der Waals surface area contributed by atoms with Crippen molar-refractivity contribution in [3.05, 3.63) is 20.3 Å². The Labute approximate surface area is 115 Å². The molecule has 0 aromatic carbocycles.